The molecule has 1 heterocycles. The van der Waals surface area contributed by atoms with E-state index in [9.17, 15) is 9.90 Å². The van der Waals surface area contributed by atoms with E-state index < -0.39 is 12.3 Å². The first-order valence-electron chi connectivity index (χ1n) is 7.35. The van der Waals surface area contributed by atoms with Crippen molar-refractivity contribution in [2.45, 2.75) is 19.1 Å². The maximum Gasteiger partial charge on any atom is 0.338 e. The first-order chi connectivity index (χ1) is 11.1. The first-order valence-corrected chi connectivity index (χ1v) is 7.35. The molecule has 0 bridgehead atoms. The number of fused-ring (bicyclic) bond motifs is 1. The molecule has 0 spiro atoms. The summed E-state index contributed by atoms with van der Waals surface area (Å²) >= 11 is 0. The highest BCUT2D eigenvalue weighted by Gasteiger charge is 2.36. The van der Waals surface area contributed by atoms with E-state index in [0.29, 0.717) is 11.3 Å². The van der Waals surface area contributed by atoms with Crippen molar-refractivity contribution in [3.05, 3.63) is 59.2 Å². The monoisotopic (exact) mass is 314 g/mol. The van der Waals surface area contributed by atoms with E-state index in [4.69, 9.17) is 14.2 Å². The zero-order chi connectivity index (χ0) is 16.4. The number of carbonyl (C=O) groups is 1. The van der Waals surface area contributed by atoms with Gasteiger partial charge in [0.25, 0.3) is 0 Å². The number of phenols is 1. The number of ether oxygens (including phenoxy) is 3. The molecule has 0 amide bonds. The Morgan fingerprint density at radius 2 is 2.00 bits per heavy atom. The Kier molecular flexibility index (Phi) is 4.21. The summed E-state index contributed by atoms with van der Waals surface area (Å²) in [6.45, 7) is 1.91. The van der Waals surface area contributed by atoms with Crippen LogP contribution in [0.4, 0.5) is 0 Å². The molecule has 0 aromatic heterocycles. The van der Waals surface area contributed by atoms with Gasteiger partial charge in [-0.25, -0.2) is 4.79 Å². The van der Waals surface area contributed by atoms with Crippen LogP contribution in [0.3, 0.4) is 0 Å². The Labute approximate surface area is 134 Å². The van der Waals surface area contributed by atoms with Crippen LogP contribution in [0.5, 0.6) is 11.5 Å². The minimum absolute atomic E-state index is 0.113. The number of methoxy groups -OCH3 is 1. The number of hydrogen-bond acceptors (Lipinski definition) is 5. The smallest absolute Gasteiger partial charge is 0.338 e. The molecule has 0 radical (unpaired) electrons. The Balaban J connectivity index is 1.77. The third-order valence-corrected chi connectivity index (χ3v) is 3.94. The SMILES string of the molecule is CO[C@@H]1Oc2cc(C)c(O)cc2[C@@H]1COC(=O)c1ccccc1. The van der Waals surface area contributed by atoms with Crippen LogP contribution < -0.4 is 4.74 Å². The van der Waals surface area contributed by atoms with Gasteiger partial charge < -0.3 is 19.3 Å². The van der Waals surface area contributed by atoms with Gasteiger partial charge in [0.15, 0.2) is 0 Å². The van der Waals surface area contributed by atoms with Gasteiger partial charge in [0, 0.05) is 12.7 Å². The number of aromatic hydroxyl groups is 1. The van der Waals surface area contributed by atoms with Crippen LogP contribution in [0.1, 0.15) is 27.4 Å². The predicted octanol–water partition coefficient (Wildman–Crippen LogP) is 3.01. The van der Waals surface area contributed by atoms with Crippen LogP contribution in [0.2, 0.25) is 0 Å². The molecule has 1 aliphatic heterocycles. The molecule has 23 heavy (non-hydrogen) atoms. The molecule has 2 aromatic carbocycles. The Morgan fingerprint density at radius 1 is 1.26 bits per heavy atom. The van der Waals surface area contributed by atoms with E-state index in [-0.39, 0.29) is 18.3 Å². The van der Waals surface area contributed by atoms with Gasteiger partial charge in [-0.05, 0) is 36.8 Å². The number of carbonyl (C=O) groups excluding carboxylic acids is 1. The highest BCUT2D eigenvalue weighted by molar-refractivity contribution is 5.89. The topological polar surface area (TPSA) is 65.0 Å². The van der Waals surface area contributed by atoms with E-state index >= 15 is 0 Å². The van der Waals surface area contributed by atoms with Crippen LogP contribution in [0, 0.1) is 6.92 Å². The summed E-state index contributed by atoms with van der Waals surface area (Å²) in [5.41, 5.74) is 1.99. The molecule has 2 aromatic rings. The molecule has 1 aliphatic rings. The van der Waals surface area contributed by atoms with Crippen molar-refractivity contribution < 1.29 is 24.1 Å². The Hall–Kier alpha value is -2.53. The second-order valence-corrected chi connectivity index (χ2v) is 5.47. The van der Waals surface area contributed by atoms with Crippen molar-refractivity contribution >= 4 is 5.97 Å². The third-order valence-electron chi connectivity index (χ3n) is 3.94. The summed E-state index contributed by atoms with van der Waals surface area (Å²) in [7, 11) is 1.54. The van der Waals surface area contributed by atoms with Gasteiger partial charge in [-0.15, -0.1) is 0 Å². The van der Waals surface area contributed by atoms with Crippen LogP contribution in [0.25, 0.3) is 0 Å². The highest BCUT2D eigenvalue weighted by Crippen LogP contribution is 2.42. The summed E-state index contributed by atoms with van der Waals surface area (Å²) in [6.07, 6.45) is -0.547. The Bertz CT molecular complexity index is 711. The summed E-state index contributed by atoms with van der Waals surface area (Å²) in [4.78, 5) is 12.1. The van der Waals surface area contributed by atoms with Crippen molar-refractivity contribution in [1.29, 1.82) is 0 Å². The lowest BCUT2D eigenvalue weighted by molar-refractivity contribution is -0.0654. The number of phenolic OH excluding ortho intramolecular Hbond substituents is 1. The van der Waals surface area contributed by atoms with E-state index in [1.54, 1.807) is 43.3 Å². The quantitative estimate of drug-likeness (QED) is 0.879. The molecule has 0 fully saturated rings. The standard InChI is InChI=1S/C18H18O5/c1-11-8-16-13(9-15(11)19)14(18(21-2)23-16)10-22-17(20)12-6-4-3-5-7-12/h3-9,14,18-19H,10H2,1-2H3/t14-,18+/m0/s1. The number of rotatable bonds is 4. The fraction of sp³-hybridized carbons (Fsp3) is 0.278. The molecule has 0 saturated heterocycles. The molecular formula is C18H18O5. The largest absolute Gasteiger partial charge is 0.508 e. The lowest BCUT2D eigenvalue weighted by atomic mass is 9.99. The van der Waals surface area contributed by atoms with Gasteiger partial charge in [0.2, 0.25) is 6.29 Å². The first kappa shape index (κ1) is 15.4. The zero-order valence-corrected chi connectivity index (χ0v) is 13.0. The molecule has 3 rings (SSSR count). The van der Waals surface area contributed by atoms with Crippen LogP contribution in [0.15, 0.2) is 42.5 Å². The van der Waals surface area contributed by atoms with E-state index in [1.807, 2.05) is 6.07 Å². The second-order valence-electron chi connectivity index (χ2n) is 5.47. The van der Waals surface area contributed by atoms with Gasteiger partial charge in [-0.2, -0.15) is 0 Å². The van der Waals surface area contributed by atoms with Crippen molar-refractivity contribution in [3.8, 4) is 11.5 Å². The Morgan fingerprint density at radius 3 is 2.70 bits per heavy atom. The van der Waals surface area contributed by atoms with Crippen molar-refractivity contribution in [2.75, 3.05) is 13.7 Å². The molecule has 0 unspecified atom stereocenters. The molecule has 5 heteroatoms. The minimum Gasteiger partial charge on any atom is -0.508 e. The average Bonchev–Trinajstić information content (AvgIpc) is 2.90. The number of esters is 1. The van der Waals surface area contributed by atoms with E-state index in [1.165, 1.54) is 7.11 Å². The summed E-state index contributed by atoms with van der Waals surface area (Å²) in [6, 6.07) is 12.2. The maximum atomic E-state index is 12.1. The zero-order valence-electron chi connectivity index (χ0n) is 13.0. The van der Waals surface area contributed by atoms with Gasteiger partial charge >= 0.3 is 5.97 Å². The van der Waals surface area contributed by atoms with Crippen molar-refractivity contribution in [2.24, 2.45) is 0 Å². The molecular weight excluding hydrogens is 296 g/mol. The molecule has 5 nitrogen and oxygen atoms in total. The average molecular weight is 314 g/mol. The fourth-order valence-corrected chi connectivity index (χ4v) is 2.64. The number of aryl methyl sites for hydroxylation is 1. The molecule has 120 valence electrons. The van der Waals surface area contributed by atoms with Gasteiger partial charge in [-0.1, -0.05) is 18.2 Å². The maximum absolute atomic E-state index is 12.1. The van der Waals surface area contributed by atoms with E-state index in [2.05, 4.69) is 0 Å². The molecule has 1 N–H and O–H groups in total. The highest BCUT2D eigenvalue weighted by atomic mass is 16.7. The van der Waals surface area contributed by atoms with Crippen LogP contribution in [-0.2, 0) is 9.47 Å². The van der Waals surface area contributed by atoms with E-state index in [0.717, 1.165) is 11.1 Å². The number of benzene rings is 2. The fourth-order valence-electron chi connectivity index (χ4n) is 2.64. The van der Waals surface area contributed by atoms with Crippen molar-refractivity contribution in [1.82, 2.24) is 0 Å². The lowest BCUT2D eigenvalue weighted by Crippen LogP contribution is -2.25. The van der Waals surface area contributed by atoms with Crippen molar-refractivity contribution in [3.63, 3.8) is 0 Å². The third kappa shape index (κ3) is 3.00. The lowest BCUT2D eigenvalue weighted by Gasteiger charge is -2.17. The summed E-state index contributed by atoms with van der Waals surface area (Å²) in [5, 5.41) is 9.91. The summed E-state index contributed by atoms with van der Waals surface area (Å²) < 4.78 is 16.4. The summed E-state index contributed by atoms with van der Waals surface area (Å²) in [5.74, 6) is 0.149. The molecule has 2 atom stereocenters. The van der Waals surface area contributed by atoms with Crippen LogP contribution >= 0.6 is 0 Å². The normalized spacial score (nSPS) is 19.0. The second kappa shape index (κ2) is 6.30. The van der Waals surface area contributed by atoms with Gasteiger partial charge in [-0.3, -0.25) is 0 Å². The molecule has 0 aliphatic carbocycles. The van der Waals surface area contributed by atoms with Crippen LogP contribution in [-0.4, -0.2) is 31.1 Å². The molecule has 0 saturated carbocycles. The minimum atomic E-state index is -0.547. The number of hydrogen-bond donors (Lipinski definition) is 1. The van der Waals surface area contributed by atoms with Gasteiger partial charge in [0.1, 0.15) is 18.1 Å². The van der Waals surface area contributed by atoms with Gasteiger partial charge in [0.05, 0.1) is 11.5 Å². The predicted molar refractivity (Wildman–Crippen MR) is 83.7 cm³/mol.